The summed E-state index contributed by atoms with van der Waals surface area (Å²) in [6, 6.07) is 8.31. The van der Waals surface area contributed by atoms with Crippen LogP contribution in [0.1, 0.15) is 11.1 Å². The molecule has 0 radical (unpaired) electrons. The molecule has 5 heteroatoms. The van der Waals surface area contributed by atoms with Crippen LogP contribution in [0.3, 0.4) is 0 Å². The van der Waals surface area contributed by atoms with E-state index in [2.05, 4.69) is 0 Å². The molecular formula is C15H12Cl2F2O. The van der Waals surface area contributed by atoms with Crippen molar-refractivity contribution in [2.75, 3.05) is 0 Å². The zero-order valence-electron chi connectivity index (χ0n) is 10.4. The molecule has 0 amide bonds. The van der Waals surface area contributed by atoms with Gasteiger partial charge in [-0.2, -0.15) is 0 Å². The molecule has 0 spiro atoms. The van der Waals surface area contributed by atoms with E-state index in [-0.39, 0.29) is 28.5 Å². The second-order valence-corrected chi connectivity index (χ2v) is 5.31. The first-order valence-corrected chi connectivity index (χ1v) is 6.78. The van der Waals surface area contributed by atoms with E-state index in [1.54, 1.807) is 6.07 Å². The molecule has 0 aliphatic carbocycles. The number of aliphatic hydroxyl groups is 1. The van der Waals surface area contributed by atoms with Crippen LogP contribution in [0.5, 0.6) is 0 Å². The zero-order chi connectivity index (χ0) is 14.7. The molecule has 0 saturated carbocycles. The third-order valence-electron chi connectivity index (χ3n) is 2.97. The Labute approximate surface area is 125 Å². The van der Waals surface area contributed by atoms with E-state index in [9.17, 15) is 13.9 Å². The van der Waals surface area contributed by atoms with Crippen molar-refractivity contribution in [3.05, 3.63) is 69.2 Å². The van der Waals surface area contributed by atoms with E-state index in [1.807, 2.05) is 0 Å². The molecule has 0 aliphatic rings. The molecule has 1 unspecified atom stereocenters. The lowest BCUT2D eigenvalue weighted by Gasteiger charge is -2.13. The summed E-state index contributed by atoms with van der Waals surface area (Å²) in [4.78, 5) is 0. The summed E-state index contributed by atoms with van der Waals surface area (Å²) in [6.07, 6.45) is -0.587. The van der Waals surface area contributed by atoms with Crippen molar-refractivity contribution in [2.24, 2.45) is 0 Å². The zero-order valence-corrected chi connectivity index (χ0v) is 11.9. The standard InChI is InChI=1S/C15H12Cl2F2O/c16-13-2-1-3-15(19)12(13)8-11(20)6-9-4-5-10(18)7-14(9)17/h1-5,7,11,20H,6,8H2. The van der Waals surface area contributed by atoms with E-state index in [0.29, 0.717) is 5.56 Å². The quantitative estimate of drug-likeness (QED) is 0.885. The van der Waals surface area contributed by atoms with E-state index >= 15 is 0 Å². The molecule has 0 fully saturated rings. The Bertz CT molecular complexity index is 597. The Kier molecular flexibility index (Phi) is 4.97. The van der Waals surface area contributed by atoms with Gasteiger partial charge in [-0.05, 0) is 29.8 Å². The SMILES string of the molecule is OC(Cc1ccc(F)cc1Cl)Cc1c(F)cccc1Cl. The average molecular weight is 317 g/mol. The molecular weight excluding hydrogens is 305 g/mol. The maximum atomic E-state index is 13.6. The molecule has 20 heavy (non-hydrogen) atoms. The molecule has 2 aromatic carbocycles. The molecule has 1 N–H and O–H groups in total. The molecule has 0 aliphatic heterocycles. The maximum Gasteiger partial charge on any atom is 0.127 e. The third kappa shape index (κ3) is 3.69. The van der Waals surface area contributed by atoms with Gasteiger partial charge in [0.15, 0.2) is 0 Å². The van der Waals surface area contributed by atoms with Gasteiger partial charge in [-0.15, -0.1) is 0 Å². The number of hydrogen-bond donors (Lipinski definition) is 1. The Hall–Kier alpha value is -1.16. The van der Waals surface area contributed by atoms with Crippen LogP contribution >= 0.6 is 23.2 Å². The first-order valence-electron chi connectivity index (χ1n) is 6.02. The fraction of sp³-hybridized carbons (Fsp3) is 0.200. The van der Waals surface area contributed by atoms with Crippen molar-refractivity contribution in [1.29, 1.82) is 0 Å². The van der Waals surface area contributed by atoms with E-state index in [1.165, 1.54) is 30.3 Å². The molecule has 2 aromatic rings. The van der Waals surface area contributed by atoms with Gasteiger partial charge in [0.25, 0.3) is 0 Å². The minimum Gasteiger partial charge on any atom is -0.392 e. The molecule has 0 saturated heterocycles. The van der Waals surface area contributed by atoms with Gasteiger partial charge in [0.1, 0.15) is 11.6 Å². The van der Waals surface area contributed by atoms with Gasteiger partial charge in [0, 0.05) is 28.5 Å². The number of halogens is 4. The van der Waals surface area contributed by atoms with E-state index in [4.69, 9.17) is 23.2 Å². The number of benzene rings is 2. The van der Waals surface area contributed by atoms with Crippen LogP contribution in [0.25, 0.3) is 0 Å². The normalized spacial score (nSPS) is 12.4. The Balaban J connectivity index is 2.11. The van der Waals surface area contributed by atoms with Crippen molar-refractivity contribution in [3.8, 4) is 0 Å². The lowest BCUT2D eigenvalue weighted by atomic mass is 10.0. The second-order valence-electron chi connectivity index (χ2n) is 4.50. The van der Waals surface area contributed by atoms with Crippen LogP contribution in [-0.2, 0) is 12.8 Å². The predicted molar refractivity (Wildman–Crippen MR) is 76.2 cm³/mol. The van der Waals surface area contributed by atoms with Crippen molar-refractivity contribution in [1.82, 2.24) is 0 Å². The summed E-state index contributed by atoms with van der Waals surface area (Å²) in [6.45, 7) is 0. The highest BCUT2D eigenvalue weighted by Crippen LogP contribution is 2.23. The van der Waals surface area contributed by atoms with Crippen LogP contribution in [0, 0.1) is 11.6 Å². The van der Waals surface area contributed by atoms with Gasteiger partial charge >= 0.3 is 0 Å². The Morgan fingerprint density at radius 3 is 2.40 bits per heavy atom. The molecule has 0 heterocycles. The highest BCUT2D eigenvalue weighted by Gasteiger charge is 2.14. The van der Waals surface area contributed by atoms with E-state index in [0.717, 1.165) is 0 Å². The van der Waals surface area contributed by atoms with Crippen LogP contribution < -0.4 is 0 Å². The molecule has 106 valence electrons. The highest BCUT2D eigenvalue weighted by atomic mass is 35.5. The average Bonchev–Trinajstić information content (AvgIpc) is 2.37. The fourth-order valence-corrected chi connectivity index (χ4v) is 2.46. The van der Waals surface area contributed by atoms with E-state index < -0.39 is 17.7 Å². The number of aliphatic hydroxyl groups excluding tert-OH is 1. The highest BCUT2D eigenvalue weighted by molar-refractivity contribution is 6.31. The minimum atomic E-state index is -0.854. The van der Waals surface area contributed by atoms with Crippen molar-refractivity contribution < 1.29 is 13.9 Å². The lowest BCUT2D eigenvalue weighted by Crippen LogP contribution is -2.15. The van der Waals surface area contributed by atoms with Crippen LogP contribution in [0.2, 0.25) is 10.0 Å². The minimum absolute atomic E-state index is 0.0687. The van der Waals surface area contributed by atoms with Crippen LogP contribution in [-0.4, -0.2) is 11.2 Å². The number of hydrogen-bond acceptors (Lipinski definition) is 1. The molecule has 1 atom stereocenters. The largest absolute Gasteiger partial charge is 0.392 e. The molecule has 0 aromatic heterocycles. The van der Waals surface area contributed by atoms with Gasteiger partial charge in [-0.25, -0.2) is 8.78 Å². The van der Waals surface area contributed by atoms with Crippen molar-refractivity contribution >= 4 is 23.2 Å². The molecule has 2 rings (SSSR count). The molecule has 0 bridgehead atoms. The summed E-state index contributed by atoms with van der Waals surface area (Å²) in [5.74, 6) is -0.896. The summed E-state index contributed by atoms with van der Waals surface area (Å²) < 4.78 is 26.5. The summed E-state index contributed by atoms with van der Waals surface area (Å²) >= 11 is 11.8. The molecule has 1 nitrogen and oxygen atoms in total. The predicted octanol–water partition coefficient (Wildman–Crippen LogP) is 4.42. The first kappa shape index (κ1) is 15.2. The van der Waals surface area contributed by atoms with Crippen molar-refractivity contribution in [2.45, 2.75) is 18.9 Å². The summed E-state index contributed by atoms with van der Waals surface area (Å²) in [7, 11) is 0. The van der Waals surface area contributed by atoms with Gasteiger partial charge in [-0.1, -0.05) is 35.3 Å². The topological polar surface area (TPSA) is 20.2 Å². The van der Waals surface area contributed by atoms with Crippen molar-refractivity contribution in [3.63, 3.8) is 0 Å². The summed E-state index contributed by atoms with van der Waals surface area (Å²) in [5.41, 5.74) is 0.868. The number of rotatable bonds is 4. The Morgan fingerprint density at radius 1 is 1.00 bits per heavy atom. The van der Waals surface area contributed by atoms with Crippen LogP contribution in [0.4, 0.5) is 8.78 Å². The lowest BCUT2D eigenvalue weighted by molar-refractivity contribution is 0.174. The Morgan fingerprint density at radius 2 is 1.75 bits per heavy atom. The monoisotopic (exact) mass is 316 g/mol. The third-order valence-corrected chi connectivity index (χ3v) is 3.68. The van der Waals surface area contributed by atoms with Gasteiger partial charge in [0.05, 0.1) is 6.10 Å². The van der Waals surface area contributed by atoms with Gasteiger partial charge in [-0.3, -0.25) is 0 Å². The second kappa shape index (κ2) is 6.53. The summed E-state index contributed by atoms with van der Waals surface area (Å²) in [5, 5.41) is 10.5. The smallest absolute Gasteiger partial charge is 0.127 e. The first-order chi connectivity index (χ1) is 9.47. The maximum absolute atomic E-state index is 13.6. The van der Waals surface area contributed by atoms with Crippen LogP contribution in [0.15, 0.2) is 36.4 Å². The fourth-order valence-electron chi connectivity index (χ4n) is 1.98. The van der Waals surface area contributed by atoms with Gasteiger partial charge in [0.2, 0.25) is 0 Å². The van der Waals surface area contributed by atoms with Gasteiger partial charge < -0.3 is 5.11 Å².